The van der Waals surface area contributed by atoms with E-state index >= 15 is 0 Å². The highest BCUT2D eigenvalue weighted by molar-refractivity contribution is 8.76. The Morgan fingerprint density at radius 3 is 2.74 bits per heavy atom. The zero-order chi connectivity index (χ0) is 13.9. The van der Waals surface area contributed by atoms with Crippen LogP contribution in [0.2, 0.25) is 0 Å². The van der Waals surface area contributed by atoms with Crippen molar-refractivity contribution >= 4 is 33.2 Å². The molecule has 1 rings (SSSR count). The van der Waals surface area contributed by atoms with Crippen molar-refractivity contribution < 1.29 is 4.74 Å². The number of nitrogens with one attached hydrogen (secondary N) is 2. The Bertz CT molecular complexity index is 444. The minimum atomic E-state index is 0.373. The van der Waals surface area contributed by atoms with E-state index in [0.29, 0.717) is 24.6 Å². The molecule has 0 saturated carbocycles. The third-order valence-electron chi connectivity index (χ3n) is 2.11. The molecule has 0 aliphatic rings. The van der Waals surface area contributed by atoms with Gasteiger partial charge in [-0.05, 0) is 37.6 Å². The smallest absolute Gasteiger partial charge is 0.220 e. The Morgan fingerprint density at radius 2 is 2.11 bits per heavy atom. The molecule has 0 saturated heterocycles. The lowest BCUT2D eigenvalue weighted by Crippen LogP contribution is -2.02. The molecular formula is C12H17N4OS2+. The third-order valence-corrected chi connectivity index (χ3v) is 4.58. The van der Waals surface area contributed by atoms with Crippen molar-refractivity contribution in [2.45, 2.75) is 24.7 Å². The van der Waals surface area contributed by atoms with Crippen LogP contribution in [0.25, 0.3) is 0 Å². The maximum Gasteiger partial charge on any atom is 0.220 e. The molecule has 7 heteroatoms. The molecule has 2 N–H and O–H groups in total. The van der Waals surface area contributed by atoms with E-state index in [0.717, 1.165) is 17.1 Å². The summed E-state index contributed by atoms with van der Waals surface area (Å²) in [5.74, 6) is 1.35. The predicted molar refractivity (Wildman–Crippen MR) is 80.3 cm³/mol. The van der Waals surface area contributed by atoms with Crippen LogP contribution in [0.4, 0.5) is 5.69 Å². The zero-order valence-electron chi connectivity index (χ0n) is 10.8. The van der Waals surface area contributed by atoms with E-state index in [4.69, 9.17) is 15.7 Å². The van der Waals surface area contributed by atoms with Gasteiger partial charge in [0.15, 0.2) is 16.7 Å². The lowest BCUT2D eigenvalue weighted by Gasteiger charge is -2.04. The highest BCUT2D eigenvalue weighted by Crippen LogP contribution is 2.32. The molecule has 0 aromatic heterocycles. The molecule has 0 fully saturated rings. The average molecular weight is 297 g/mol. The van der Waals surface area contributed by atoms with Crippen LogP contribution in [0.3, 0.4) is 0 Å². The summed E-state index contributed by atoms with van der Waals surface area (Å²) < 4.78 is 5.08. The van der Waals surface area contributed by atoms with Crippen molar-refractivity contribution in [3.63, 3.8) is 0 Å². The van der Waals surface area contributed by atoms with Gasteiger partial charge in [0.25, 0.3) is 0 Å². The average Bonchev–Trinajstić information content (AvgIpc) is 2.41. The highest BCUT2D eigenvalue weighted by atomic mass is 33.1. The van der Waals surface area contributed by atoms with Gasteiger partial charge in [0.2, 0.25) is 4.91 Å². The minimum Gasteiger partial charge on any atom is -0.481 e. The van der Waals surface area contributed by atoms with Crippen LogP contribution in [0.1, 0.15) is 19.8 Å². The number of nitrogens with zero attached hydrogens (tertiary/aromatic N) is 2. The van der Waals surface area contributed by atoms with Gasteiger partial charge < -0.3 is 4.74 Å². The monoisotopic (exact) mass is 297 g/mol. The molecule has 102 valence electrons. The van der Waals surface area contributed by atoms with Crippen molar-refractivity contribution in [1.29, 1.82) is 10.9 Å². The lowest BCUT2D eigenvalue weighted by atomic mass is 10.3. The molecular weight excluding hydrogens is 280 g/mol. The van der Waals surface area contributed by atoms with Crippen LogP contribution in [0.5, 0.6) is 0 Å². The van der Waals surface area contributed by atoms with Gasteiger partial charge in [-0.1, -0.05) is 21.6 Å². The first-order valence-electron chi connectivity index (χ1n) is 5.93. The summed E-state index contributed by atoms with van der Waals surface area (Å²) in [5.41, 5.74) is 7.33. The minimum absolute atomic E-state index is 0.373. The molecule has 0 atom stereocenters. The molecule has 0 amide bonds. The van der Waals surface area contributed by atoms with Crippen molar-refractivity contribution in [2.24, 2.45) is 5.11 Å². The summed E-state index contributed by atoms with van der Waals surface area (Å²) in [6.07, 6.45) is 1.64. The van der Waals surface area contributed by atoms with Gasteiger partial charge in [0, 0.05) is 17.1 Å². The summed E-state index contributed by atoms with van der Waals surface area (Å²) in [4.78, 5) is 4.13. The maximum atomic E-state index is 7.48. The van der Waals surface area contributed by atoms with E-state index in [1.807, 2.05) is 31.2 Å². The first-order valence-corrected chi connectivity index (χ1v) is 8.25. The third kappa shape index (κ3) is 7.00. The van der Waals surface area contributed by atoms with Crippen LogP contribution < -0.4 is 4.91 Å². The number of benzene rings is 1. The summed E-state index contributed by atoms with van der Waals surface area (Å²) in [7, 11) is 3.46. The van der Waals surface area contributed by atoms with E-state index in [2.05, 4.69) is 10.0 Å². The van der Waals surface area contributed by atoms with Gasteiger partial charge in [0.1, 0.15) is 5.53 Å². The molecule has 0 aliphatic carbocycles. The van der Waals surface area contributed by atoms with Gasteiger partial charge >= 0.3 is 0 Å². The molecule has 1 aromatic rings. The second kappa shape index (κ2) is 9.61. The van der Waals surface area contributed by atoms with Gasteiger partial charge in [-0.25, -0.2) is 0 Å². The second-order valence-corrected chi connectivity index (χ2v) is 6.05. The fourth-order valence-corrected chi connectivity index (χ4v) is 3.35. The predicted octanol–water partition coefficient (Wildman–Crippen LogP) is 4.40. The number of ether oxygens (including phenoxy) is 1. The first kappa shape index (κ1) is 15.8. The lowest BCUT2D eigenvalue weighted by molar-refractivity contribution is 0.314. The second-order valence-electron chi connectivity index (χ2n) is 3.56. The van der Waals surface area contributed by atoms with E-state index < -0.39 is 0 Å². The van der Waals surface area contributed by atoms with Crippen molar-refractivity contribution in [3.8, 4) is 0 Å². The van der Waals surface area contributed by atoms with Crippen molar-refractivity contribution in [3.05, 3.63) is 24.3 Å². The summed E-state index contributed by atoms with van der Waals surface area (Å²) in [5, 5.41) is 11.1. The Balaban J connectivity index is 2.19. The van der Waals surface area contributed by atoms with E-state index in [1.165, 1.54) is 0 Å². The van der Waals surface area contributed by atoms with E-state index in [1.54, 1.807) is 21.6 Å². The molecule has 1 aromatic carbocycles. The highest BCUT2D eigenvalue weighted by Gasteiger charge is 2.00. The fraction of sp³-hybridized carbons (Fsp3) is 0.417. The van der Waals surface area contributed by atoms with Crippen LogP contribution in [0, 0.1) is 10.9 Å². The van der Waals surface area contributed by atoms with Crippen molar-refractivity contribution in [1.82, 2.24) is 4.91 Å². The normalized spacial score (nSPS) is 9.74. The Morgan fingerprint density at radius 1 is 1.37 bits per heavy atom. The topological polar surface area (TPSA) is 83.4 Å². The van der Waals surface area contributed by atoms with Gasteiger partial charge in [0.05, 0.1) is 6.61 Å². The van der Waals surface area contributed by atoms with Gasteiger partial charge in [-0.15, -0.1) is 0 Å². The van der Waals surface area contributed by atoms with Crippen LogP contribution in [0.15, 0.2) is 34.3 Å². The molecule has 0 unspecified atom stereocenters. The SMILES string of the molecule is CCOC(=N)CCCSSc1ccc(N=[N+]=N)cc1. The van der Waals surface area contributed by atoms with Gasteiger partial charge in [-0.3, -0.25) is 5.41 Å². The molecule has 0 aliphatic heterocycles. The number of hydrogen-bond donors (Lipinski definition) is 2. The summed E-state index contributed by atoms with van der Waals surface area (Å²) in [6.45, 7) is 2.46. The van der Waals surface area contributed by atoms with E-state index in [9.17, 15) is 0 Å². The Hall–Kier alpha value is -1.30. The summed E-state index contributed by atoms with van der Waals surface area (Å²) in [6, 6.07) is 7.60. The molecule has 5 nitrogen and oxygen atoms in total. The Labute approximate surface area is 120 Å². The molecule has 19 heavy (non-hydrogen) atoms. The fourth-order valence-electron chi connectivity index (χ4n) is 1.27. The number of hydrogen-bond acceptors (Lipinski definition) is 6. The largest absolute Gasteiger partial charge is 0.481 e. The molecule has 0 heterocycles. The summed E-state index contributed by atoms with van der Waals surface area (Å²) >= 11 is 0. The quantitative estimate of drug-likeness (QED) is 0.186. The molecule has 0 bridgehead atoms. The van der Waals surface area contributed by atoms with Gasteiger partial charge in [-0.2, -0.15) is 0 Å². The Kier molecular flexibility index (Phi) is 7.97. The van der Waals surface area contributed by atoms with Crippen LogP contribution in [-0.4, -0.2) is 18.3 Å². The number of rotatable bonds is 8. The van der Waals surface area contributed by atoms with Crippen molar-refractivity contribution in [2.75, 3.05) is 12.4 Å². The van der Waals surface area contributed by atoms with E-state index in [-0.39, 0.29) is 0 Å². The molecule has 0 radical (unpaired) electrons. The molecule has 0 spiro atoms. The van der Waals surface area contributed by atoms with Crippen LogP contribution >= 0.6 is 21.6 Å². The first-order chi connectivity index (χ1) is 9.26. The maximum absolute atomic E-state index is 7.48. The standard InChI is InChI=1S/C12H17N4OS2/c1-2-17-12(13)4-3-9-18-19-11-7-5-10(6-8-11)15-16-14/h5-8,13-14H,2-4,9H2,1H3/q+1. The zero-order valence-corrected chi connectivity index (χ0v) is 12.4. The van der Waals surface area contributed by atoms with Crippen LogP contribution in [-0.2, 0) is 4.74 Å².